The standard InChI is InChI=1S/C22H23N5O2S/c1-16(28)15-17-7-9-19(10-8-17)23-21(29)26-11-13-27(14-12-26)22-24-20(25-30-22)18-5-3-2-4-6-18/h2-10H,11-15H2,1H3,(H,23,29). The van der Waals surface area contributed by atoms with Crippen LogP contribution in [0.4, 0.5) is 15.6 Å². The molecule has 1 saturated heterocycles. The Kier molecular flexibility index (Phi) is 6.04. The van der Waals surface area contributed by atoms with Crippen molar-refractivity contribution in [3.8, 4) is 11.4 Å². The summed E-state index contributed by atoms with van der Waals surface area (Å²) in [6.45, 7) is 4.24. The first-order chi connectivity index (χ1) is 14.6. The van der Waals surface area contributed by atoms with Crippen LogP contribution in [0, 0.1) is 0 Å². The number of benzene rings is 2. The molecule has 1 aliphatic heterocycles. The number of hydrogen-bond acceptors (Lipinski definition) is 6. The highest BCUT2D eigenvalue weighted by atomic mass is 32.1. The number of aromatic nitrogens is 2. The van der Waals surface area contributed by atoms with Crippen molar-refractivity contribution in [3.63, 3.8) is 0 Å². The molecule has 1 N–H and O–H groups in total. The van der Waals surface area contributed by atoms with E-state index in [1.165, 1.54) is 11.5 Å². The highest BCUT2D eigenvalue weighted by Crippen LogP contribution is 2.24. The fourth-order valence-electron chi connectivity index (χ4n) is 3.35. The molecular weight excluding hydrogens is 398 g/mol. The van der Waals surface area contributed by atoms with Crippen molar-refractivity contribution in [2.24, 2.45) is 0 Å². The lowest BCUT2D eigenvalue weighted by Crippen LogP contribution is -2.50. The zero-order valence-electron chi connectivity index (χ0n) is 16.7. The minimum Gasteiger partial charge on any atom is -0.343 e. The summed E-state index contributed by atoms with van der Waals surface area (Å²) < 4.78 is 4.47. The number of carbonyl (C=O) groups is 2. The number of nitrogens with one attached hydrogen (secondary N) is 1. The van der Waals surface area contributed by atoms with Gasteiger partial charge in [0.15, 0.2) is 5.82 Å². The van der Waals surface area contributed by atoms with Crippen molar-refractivity contribution >= 4 is 34.2 Å². The highest BCUT2D eigenvalue weighted by Gasteiger charge is 2.23. The fraction of sp³-hybridized carbons (Fsp3) is 0.273. The number of Topliss-reactive ketones (excluding diaryl/α,β-unsaturated/α-hetero) is 1. The Labute approximate surface area is 179 Å². The van der Waals surface area contributed by atoms with Crippen molar-refractivity contribution < 1.29 is 9.59 Å². The number of piperazine rings is 1. The first-order valence-electron chi connectivity index (χ1n) is 9.87. The molecule has 0 bridgehead atoms. The first-order valence-corrected chi connectivity index (χ1v) is 10.6. The normalized spacial score (nSPS) is 13.9. The topological polar surface area (TPSA) is 78.4 Å². The van der Waals surface area contributed by atoms with Crippen molar-refractivity contribution in [2.75, 3.05) is 36.4 Å². The molecule has 8 heteroatoms. The third-order valence-corrected chi connectivity index (χ3v) is 5.72. The van der Waals surface area contributed by atoms with Crippen LogP contribution < -0.4 is 10.2 Å². The van der Waals surface area contributed by atoms with Crippen LogP contribution in [0.2, 0.25) is 0 Å². The van der Waals surface area contributed by atoms with Gasteiger partial charge >= 0.3 is 6.03 Å². The molecule has 0 atom stereocenters. The number of urea groups is 1. The van der Waals surface area contributed by atoms with E-state index in [-0.39, 0.29) is 11.8 Å². The molecular formula is C22H23N5O2S. The van der Waals surface area contributed by atoms with E-state index in [1.54, 1.807) is 11.8 Å². The number of nitrogens with zero attached hydrogens (tertiary/aromatic N) is 4. The van der Waals surface area contributed by atoms with Gasteiger partial charge < -0.3 is 15.1 Å². The van der Waals surface area contributed by atoms with Gasteiger partial charge in [-0.05, 0) is 24.6 Å². The van der Waals surface area contributed by atoms with Crippen molar-refractivity contribution in [3.05, 3.63) is 60.2 Å². The average molecular weight is 422 g/mol. The number of hydrogen-bond donors (Lipinski definition) is 1. The lowest BCUT2D eigenvalue weighted by atomic mass is 10.1. The van der Waals surface area contributed by atoms with Gasteiger partial charge in [0.05, 0.1) is 0 Å². The van der Waals surface area contributed by atoms with Gasteiger partial charge in [0.1, 0.15) is 5.78 Å². The van der Waals surface area contributed by atoms with Gasteiger partial charge in [0.2, 0.25) is 5.13 Å². The molecule has 0 spiro atoms. The summed E-state index contributed by atoms with van der Waals surface area (Å²) in [7, 11) is 0. The van der Waals surface area contributed by atoms with E-state index in [0.717, 1.165) is 27.8 Å². The Balaban J connectivity index is 1.30. The Morgan fingerprint density at radius 1 is 1.00 bits per heavy atom. The van der Waals surface area contributed by atoms with Crippen LogP contribution in [0.1, 0.15) is 12.5 Å². The van der Waals surface area contributed by atoms with Crippen LogP contribution in [0.5, 0.6) is 0 Å². The Morgan fingerprint density at radius 3 is 2.37 bits per heavy atom. The van der Waals surface area contributed by atoms with E-state index < -0.39 is 0 Å². The SMILES string of the molecule is CC(=O)Cc1ccc(NC(=O)N2CCN(c3nc(-c4ccccc4)ns3)CC2)cc1. The van der Waals surface area contributed by atoms with Crippen molar-refractivity contribution in [1.82, 2.24) is 14.3 Å². The molecule has 1 aliphatic rings. The maximum Gasteiger partial charge on any atom is 0.321 e. The molecule has 0 saturated carbocycles. The van der Waals surface area contributed by atoms with E-state index in [4.69, 9.17) is 0 Å². The lowest BCUT2D eigenvalue weighted by Gasteiger charge is -2.34. The molecule has 154 valence electrons. The van der Waals surface area contributed by atoms with Crippen LogP contribution in [-0.2, 0) is 11.2 Å². The Bertz CT molecular complexity index is 1010. The van der Waals surface area contributed by atoms with E-state index in [1.807, 2.05) is 54.6 Å². The van der Waals surface area contributed by atoms with E-state index in [9.17, 15) is 9.59 Å². The van der Waals surface area contributed by atoms with Gasteiger partial charge in [-0.25, -0.2) is 4.79 Å². The summed E-state index contributed by atoms with van der Waals surface area (Å²) in [5.74, 6) is 0.861. The summed E-state index contributed by atoms with van der Waals surface area (Å²) in [6.07, 6.45) is 0.411. The van der Waals surface area contributed by atoms with Crippen LogP contribution in [0.3, 0.4) is 0 Å². The zero-order chi connectivity index (χ0) is 20.9. The Hall–Kier alpha value is -3.26. The van der Waals surface area contributed by atoms with Gasteiger partial charge in [0, 0.05) is 55.4 Å². The molecule has 7 nitrogen and oxygen atoms in total. The summed E-state index contributed by atoms with van der Waals surface area (Å²) in [5, 5.41) is 3.81. The number of ketones is 1. The van der Waals surface area contributed by atoms with Crippen LogP contribution in [0.25, 0.3) is 11.4 Å². The van der Waals surface area contributed by atoms with Gasteiger partial charge in [0.25, 0.3) is 0 Å². The average Bonchev–Trinajstić information content (AvgIpc) is 3.26. The largest absolute Gasteiger partial charge is 0.343 e. The van der Waals surface area contributed by atoms with Gasteiger partial charge in [-0.1, -0.05) is 42.5 Å². The summed E-state index contributed by atoms with van der Waals surface area (Å²) in [6, 6.07) is 17.2. The molecule has 1 aromatic heterocycles. The molecule has 1 fully saturated rings. The summed E-state index contributed by atoms with van der Waals surface area (Å²) in [5.41, 5.74) is 2.68. The Morgan fingerprint density at radius 2 is 1.70 bits per heavy atom. The monoisotopic (exact) mass is 421 g/mol. The summed E-state index contributed by atoms with van der Waals surface area (Å²) >= 11 is 1.39. The zero-order valence-corrected chi connectivity index (χ0v) is 17.6. The fourth-order valence-corrected chi connectivity index (χ4v) is 4.08. The van der Waals surface area contributed by atoms with Crippen LogP contribution in [-0.4, -0.2) is 52.3 Å². The van der Waals surface area contributed by atoms with Crippen molar-refractivity contribution in [1.29, 1.82) is 0 Å². The minimum absolute atomic E-state index is 0.115. The maximum atomic E-state index is 12.6. The lowest BCUT2D eigenvalue weighted by molar-refractivity contribution is -0.116. The van der Waals surface area contributed by atoms with Gasteiger partial charge in [-0.15, -0.1) is 0 Å². The third kappa shape index (κ3) is 4.83. The molecule has 3 aromatic rings. The molecule has 0 radical (unpaired) electrons. The highest BCUT2D eigenvalue weighted by molar-refractivity contribution is 7.09. The number of anilines is 2. The molecule has 2 aromatic carbocycles. The van der Waals surface area contributed by atoms with Gasteiger partial charge in [-0.3, -0.25) is 4.79 Å². The van der Waals surface area contributed by atoms with E-state index >= 15 is 0 Å². The minimum atomic E-state index is -0.115. The second kappa shape index (κ2) is 9.04. The molecule has 2 amide bonds. The van der Waals surface area contributed by atoms with Crippen LogP contribution >= 0.6 is 11.5 Å². The maximum absolute atomic E-state index is 12.6. The third-order valence-electron chi connectivity index (χ3n) is 4.94. The van der Waals surface area contributed by atoms with Gasteiger partial charge in [-0.2, -0.15) is 9.36 Å². The number of amides is 2. The van der Waals surface area contributed by atoms with Crippen molar-refractivity contribution in [2.45, 2.75) is 13.3 Å². The predicted octanol–water partition coefficient (Wildman–Crippen LogP) is 3.69. The molecule has 30 heavy (non-hydrogen) atoms. The molecule has 0 aliphatic carbocycles. The van der Waals surface area contributed by atoms with E-state index in [2.05, 4.69) is 19.6 Å². The predicted molar refractivity (Wildman–Crippen MR) is 119 cm³/mol. The number of rotatable bonds is 5. The van der Waals surface area contributed by atoms with Crippen LogP contribution in [0.15, 0.2) is 54.6 Å². The van der Waals surface area contributed by atoms with E-state index in [0.29, 0.717) is 32.6 Å². The quantitative estimate of drug-likeness (QED) is 0.680. The first kappa shape index (κ1) is 20.0. The second-order valence-corrected chi connectivity index (χ2v) is 7.98. The molecule has 2 heterocycles. The second-order valence-electron chi connectivity index (χ2n) is 7.25. The molecule has 0 unspecified atom stereocenters. The molecule has 4 rings (SSSR count). The number of carbonyl (C=O) groups excluding carboxylic acids is 2. The smallest absolute Gasteiger partial charge is 0.321 e. The summed E-state index contributed by atoms with van der Waals surface area (Å²) in [4.78, 5) is 32.4.